The van der Waals surface area contributed by atoms with Crippen LogP contribution < -0.4 is 0 Å². The van der Waals surface area contributed by atoms with Crippen molar-refractivity contribution in [3.8, 4) is 0 Å². The molecule has 0 amide bonds. The molecule has 0 aliphatic carbocycles. The zero-order chi connectivity index (χ0) is 17.7. The molecule has 0 aromatic carbocycles. The zero-order valence-electron chi connectivity index (χ0n) is 13.2. The van der Waals surface area contributed by atoms with Gasteiger partial charge in [0.25, 0.3) is 0 Å². The molecule has 9 heteroatoms. The van der Waals surface area contributed by atoms with Crippen LogP contribution in [0.5, 0.6) is 0 Å². The van der Waals surface area contributed by atoms with Crippen LogP contribution in [0.3, 0.4) is 0 Å². The van der Waals surface area contributed by atoms with Crippen molar-refractivity contribution in [1.82, 2.24) is 0 Å². The standard InChI is InChI=1S/C14H21F3O5S/c1-5-10-9(2)13(7-6-12(3,4)22-13)21-11(10)8-20-23(18,19)14(15,16)17/h5,9-11H,1,6-8H2,2-4H3/t9-,10-,11-,13-/m0/s1. The fraction of sp³-hybridized carbons (Fsp3) is 0.857. The van der Waals surface area contributed by atoms with E-state index in [1.165, 1.54) is 0 Å². The van der Waals surface area contributed by atoms with E-state index in [2.05, 4.69) is 10.8 Å². The predicted molar refractivity (Wildman–Crippen MR) is 75.8 cm³/mol. The SMILES string of the molecule is C=C[C@@H]1[C@H](COS(=O)(=O)C(F)(F)F)O[C@]2(CCC(C)(C)O2)[C@H]1C. The summed E-state index contributed by atoms with van der Waals surface area (Å²) in [6.07, 6.45) is 1.99. The van der Waals surface area contributed by atoms with Crippen LogP contribution >= 0.6 is 0 Å². The van der Waals surface area contributed by atoms with Crippen LogP contribution in [0.2, 0.25) is 0 Å². The third-order valence-electron chi connectivity index (χ3n) is 4.52. The van der Waals surface area contributed by atoms with E-state index in [4.69, 9.17) is 9.47 Å². The van der Waals surface area contributed by atoms with Gasteiger partial charge in [-0.25, -0.2) is 0 Å². The first kappa shape index (κ1) is 18.7. The molecule has 5 nitrogen and oxygen atoms in total. The van der Waals surface area contributed by atoms with E-state index in [0.717, 1.165) is 6.42 Å². The lowest BCUT2D eigenvalue weighted by molar-refractivity contribution is -0.251. The van der Waals surface area contributed by atoms with Gasteiger partial charge in [-0.1, -0.05) is 13.0 Å². The number of hydrogen-bond donors (Lipinski definition) is 0. The number of halogens is 3. The molecule has 2 saturated heterocycles. The maximum absolute atomic E-state index is 12.4. The Balaban J connectivity index is 2.13. The molecule has 2 aliphatic rings. The molecule has 0 N–H and O–H groups in total. The lowest BCUT2D eigenvalue weighted by Gasteiger charge is -2.31. The Bertz CT molecular complexity index is 571. The van der Waals surface area contributed by atoms with E-state index in [1.54, 1.807) is 6.08 Å². The fourth-order valence-corrected chi connectivity index (χ4v) is 3.68. The summed E-state index contributed by atoms with van der Waals surface area (Å²) in [7, 11) is -5.65. The van der Waals surface area contributed by atoms with Crippen molar-refractivity contribution < 1.29 is 35.2 Å². The van der Waals surface area contributed by atoms with Crippen molar-refractivity contribution in [3.05, 3.63) is 12.7 Å². The molecular weight excluding hydrogens is 337 g/mol. The average molecular weight is 358 g/mol. The number of hydrogen-bond acceptors (Lipinski definition) is 5. The van der Waals surface area contributed by atoms with Crippen LogP contribution in [0, 0.1) is 11.8 Å². The lowest BCUT2D eigenvalue weighted by Crippen LogP contribution is -2.37. The Morgan fingerprint density at radius 3 is 2.39 bits per heavy atom. The second-order valence-corrected chi connectivity index (χ2v) is 8.22. The fourth-order valence-electron chi connectivity index (χ4n) is 3.23. The van der Waals surface area contributed by atoms with E-state index in [9.17, 15) is 21.6 Å². The summed E-state index contributed by atoms with van der Waals surface area (Å²) < 4.78 is 75.1. The molecule has 0 bridgehead atoms. The molecule has 134 valence electrons. The van der Waals surface area contributed by atoms with E-state index in [-0.39, 0.29) is 11.8 Å². The van der Waals surface area contributed by atoms with Crippen molar-refractivity contribution in [2.75, 3.05) is 6.61 Å². The molecule has 0 unspecified atom stereocenters. The average Bonchev–Trinajstić information content (AvgIpc) is 2.84. The third kappa shape index (κ3) is 3.42. The topological polar surface area (TPSA) is 61.8 Å². The van der Waals surface area contributed by atoms with E-state index >= 15 is 0 Å². The minimum Gasteiger partial charge on any atom is -0.344 e. The molecule has 0 radical (unpaired) electrons. The Morgan fingerprint density at radius 2 is 1.96 bits per heavy atom. The highest BCUT2D eigenvalue weighted by Crippen LogP contribution is 2.51. The van der Waals surface area contributed by atoms with Crippen molar-refractivity contribution in [1.29, 1.82) is 0 Å². The Kier molecular flexibility index (Phi) is 4.65. The maximum atomic E-state index is 12.4. The van der Waals surface area contributed by atoms with Crippen LogP contribution in [0.4, 0.5) is 13.2 Å². The van der Waals surface area contributed by atoms with Gasteiger partial charge in [0.15, 0.2) is 5.79 Å². The second kappa shape index (κ2) is 5.72. The highest BCUT2D eigenvalue weighted by molar-refractivity contribution is 7.87. The predicted octanol–water partition coefficient (Wildman–Crippen LogP) is 2.98. The molecule has 2 aliphatic heterocycles. The van der Waals surface area contributed by atoms with Gasteiger partial charge in [0.05, 0.1) is 18.3 Å². The van der Waals surface area contributed by atoms with Gasteiger partial charge in [-0.3, -0.25) is 4.18 Å². The summed E-state index contributed by atoms with van der Waals surface area (Å²) in [5.74, 6) is -1.49. The summed E-state index contributed by atoms with van der Waals surface area (Å²) in [6.45, 7) is 8.59. The molecule has 1 spiro atoms. The quantitative estimate of drug-likeness (QED) is 0.439. The van der Waals surface area contributed by atoms with Gasteiger partial charge in [0.1, 0.15) is 0 Å². The Hall–Kier alpha value is -0.640. The second-order valence-electron chi connectivity index (χ2n) is 6.62. The highest BCUT2D eigenvalue weighted by Gasteiger charge is 2.58. The van der Waals surface area contributed by atoms with Crippen molar-refractivity contribution in [2.45, 2.75) is 56.6 Å². The van der Waals surface area contributed by atoms with Crippen LogP contribution in [0.15, 0.2) is 12.7 Å². The normalized spacial score (nSPS) is 37.4. The van der Waals surface area contributed by atoms with Crippen molar-refractivity contribution in [3.63, 3.8) is 0 Å². The van der Waals surface area contributed by atoms with Crippen LogP contribution in [0.25, 0.3) is 0 Å². The van der Waals surface area contributed by atoms with Crippen molar-refractivity contribution >= 4 is 10.1 Å². The Labute approximate surface area is 133 Å². The van der Waals surface area contributed by atoms with E-state index < -0.39 is 39.7 Å². The number of alkyl halides is 3. The lowest BCUT2D eigenvalue weighted by atomic mass is 9.85. The smallest absolute Gasteiger partial charge is 0.344 e. The first-order valence-electron chi connectivity index (χ1n) is 7.30. The van der Waals surface area contributed by atoms with Gasteiger partial charge < -0.3 is 9.47 Å². The molecule has 0 saturated carbocycles. The first-order valence-corrected chi connectivity index (χ1v) is 8.71. The minimum atomic E-state index is -5.65. The van der Waals surface area contributed by atoms with Gasteiger partial charge in [0, 0.05) is 18.3 Å². The van der Waals surface area contributed by atoms with Crippen LogP contribution in [-0.4, -0.2) is 38.0 Å². The van der Waals surface area contributed by atoms with Crippen LogP contribution in [0.1, 0.15) is 33.6 Å². The summed E-state index contributed by atoms with van der Waals surface area (Å²) >= 11 is 0. The molecule has 2 fully saturated rings. The molecule has 0 aromatic heterocycles. The minimum absolute atomic E-state index is 0.177. The van der Waals surface area contributed by atoms with Gasteiger partial charge in [0.2, 0.25) is 0 Å². The molecule has 23 heavy (non-hydrogen) atoms. The summed E-state index contributed by atoms with van der Waals surface area (Å²) in [4.78, 5) is 0. The highest BCUT2D eigenvalue weighted by atomic mass is 32.2. The largest absolute Gasteiger partial charge is 0.523 e. The third-order valence-corrected chi connectivity index (χ3v) is 5.53. The van der Waals surface area contributed by atoms with Crippen molar-refractivity contribution in [2.24, 2.45) is 11.8 Å². The van der Waals surface area contributed by atoms with Gasteiger partial charge in [-0.05, 0) is 20.3 Å². The molecule has 0 aromatic rings. The Morgan fingerprint density at radius 1 is 1.35 bits per heavy atom. The number of ether oxygens (including phenoxy) is 2. The van der Waals surface area contributed by atoms with Gasteiger partial charge >= 0.3 is 15.6 Å². The molecule has 2 rings (SSSR count). The maximum Gasteiger partial charge on any atom is 0.523 e. The van der Waals surface area contributed by atoms with Gasteiger partial charge in [-0.2, -0.15) is 21.6 Å². The monoisotopic (exact) mass is 358 g/mol. The van der Waals surface area contributed by atoms with E-state index in [0.29, 0.717) is 6.42 Å². The van der Waals surface area contributed by atoms with Crippen LogP contribution in [-0.2, 0) is 23.8 Å². The zero-order valence-corrected chi connectivity index (χ0v) is 14.0. The number of rotatable bonds is 4. The molecular formula is C14H21F3O5S. The summed E-state index contributed by atoms with van der Waals surface area (Å²) in [6, 6.07) is 0. The first-order chi connectivity index (χ1) is 10.3. The summed E-state index contributed by atoms with van der Waals surface area (Å²) in [5, 5.41) is 0. The summed E-state index contributed by atoms with van der Waals surface area (Å²) in [5.41, 5.74) is -5.86. The molecule has 4 atom stereocenters. The molecule has 2 heterocycles. The van der Waals surface area contributed by atoms with Gasteiger partial charge in [-0.15, -0.1) is 6.58 Å². The van der Waals surface area contributed by atoms with E-state index in [1.807, 2.05) is 20.8 Å².